The molecule has 1 heterocycles. The van der Waals surface area contributed by atoms with Crippen LogP contribution < -0.4 is 10.4 Å². The molecule has 174 valence electrons. The average Bonchev–Trinajstić information content (AvgIpc) is 3.23. The first-order valence-electron chi connectivity index (χ1n) is 11.2. The van der Waals surface area contributed by atoms with Gasteiger partial charge in [0.05, 0.1) is 17.6 Å². The van der Waals surface area contributed by atoms with Crippen molar-refractivity contribution in [2.45, 2.75) is 32.2 Å². The number of methoxy groups -OCH3 is 1. The zero-order valence-electron chi connectivity index (χ0n) is 19.1. The Morgan fingerprint density at radius 1 is 1.30 bits per heavy atom. The summed E-state index contributed by atoms with van der Waals surface area (Å²) in [6.45, 7) is 1.94. The van der Waals surface area contributed by atoms with Gasteiger partial charge in [-0.15, -0.1) is 0 Å². The summed E-state index contributed by atoms with van der Waals surface area (Å²) in [5.74, 6) is 0.308. The van der Waals surface area contributed by atoms with Crippen molar-refractivity contribution in [2.24, 2.45) is 5.41 Å². The van der Waals surface area contributed by atoms with Crippen LogP contribution in [0.5, 0.6) is 0 Å². The normalized spacial score (nSPS) is 17.5. The van der Waals surface area contributed by atoms with E-state index in [0.29, 0.717) is 38.1 Å². The molecule has 1 atom stereocenters. The molecule has 2 N–H and O–H groups in total. The lowest BCUT2D eigenvalue weighted by Crippen LogP contribution is -2.35. The number of nitrogens with one attached hydrogen (secondary N) is 1. The number of carbonyl (C=O) groups is 2. The third-order valence-electron chi connectivity index (χ3n) is 6.69. The number of rotatable bonds is 9. The molecule has 0 unspecified atom stereocenters. The number of hydroxylamine groups is 1. The number of hydrogen-bond donors (Lipinski definition) is 2. The molecule has 8 nitrogen and oxygen atoms in total. The quantitative estimate of drug-likeness (QED) is 0.296. The van der Waals surface area contributed by atoms with E-state index in [1.165, 1.54) is 0 Å². The Morgan fingerprint density at radius 3 is 2.88 bits per heavy atom. The minimum atomic E-state index is -0.547. The van der Waals surface area contributed by atoms with Crippen molar-refractivity contribution in [2.75, 3.05) is 32.2 Å². The SMILES string of the molecule is COCCn1c(N(C)CC[C@@]2(C=O)CCc3ccc(C(=O)NO)cc3C2)nc2ccccc21. The number of aryl methyl sites for hydroxylation is 1. The molecule has 3 aromatic rings. The van der Waals surface area contributed by atoms with Gasteiger partial charge in [0.15, 0.2) is 0 Å². The third kappa shape index (κ3) is 4.62. The third-order valence-corrected chi connectivity index (χ3v) is 6.69. The van der Waals surface area contributed by atoms with Crippen molar-refractivity contribution in [3.8, 4) is 0 Å². The molecule has 33 heavy (non-hydrogen) atoms. The Bertz CT molecular complexity index is 1160. The number of aldehydes is 1. The highest BCUT2D eigenvalue weighted by Crippen LogP contribution is 2.38. The number of ether oxygens (including phenoxy) is 1. The molecule has 0 saturated carbocycles. The van der Waals surface area contributed by atoms with Crippen molar-refractivity contribution < 1.29 is 19.5 Å². The van der Waals surface area contributed by atoms with E-state index in [4.69, 9.17) is 14.9 Å². The van der Waals surface area contributed by atoms with E-state index < -0.39 is 11.3 Å². The van der Waals surface area contributed by atoms with Crippen LogP contribution in [0.15, 0.2) is 42.5 Å². The van der Waals surface area contributed by atoms with Crippen LogP contribution >= 0.6 is 0 Å². The van der Waals surface area contributed by atoms with Gasteiger partial charge in [-0.2, -0.15) is 0 Å². The predicted molar refractivity (Wildman–Crippen MR) is 126 cm³/mol. The Morgan fingerprint density at radius 2 is 2.12 bits per heavy atom. The van der Waals surface area contributed by atoms with Gasteiger partial charge in [-0.05, 0) is 61.1 Å². The summed E-state index contributed by atoms with van der Waals surface area (Å²) in [5, 5.41) is 8.95. The molecule has 4 rings (SSSR count). The van der Waals surface area contributed by atoms with Crippen LogP contribution in [0.1, 0.15) is 34.3 Å². The number of amides is 1. The summed E-state index contributed by atoms with van der Waals surface area (Å²) >= 11 is 0. The molecule has 2 aromatic carbocycles. The van der Waals surface area contributed by atoms with Gasteiger partial charge < -0.3 is 19.0 Å². The van der Waals surface area contributed by atoms with Crippen molar-refractivity contribution in [3.05, 3.63) is 59.2 Å². The second kappa shape index (κ2) is 9.72. The highest BCUT2D eigenvalue weighted by Gasteiger charge is 2.35. The fraction of sp³-hybridized carbons (Fsp3) is 0.400. The van der Waals surface area contributed by atoms with Gasteiger partial charge in [0, 0.05) is 38.2 Å². The summed E-state index contributed by atoms with van der Waals surface area (Å²) in [7, 11) is 3.69. The van der Waals surface area contributed by atoms with Gasteiger partial charge in [0.2, 0.25) is 5.95 Å². The Labute approximate surface area is 193 Å². The minimum Gasteiger partial charge on any atom is -0.383 e. The number of carbonyl (C=O) groups excluding carboxylic acids is 2. The molecule has 1 aliphatic carbocycles. The zero-order chi connectivity index (χ0) is 23.4. The topological polar surface area (TPSA) is 96.7 Å². The maximum Gasteiger partial charge on any atom is 0.274 e. The van der Waals surface area contributed by atoms with Gasteiger partial charge in [-0.1, -0.05) is 18.2 Å². The molecule has 0 radical (unpaired) electrons. The van der Waals surface area contributed by atoms with Crippen molar-refractivity contribution in [1.82, 2.24) is 15.0 Å². The zero-order valence-corrected chi connectivity index (χ0v) is 19.1. The summed E-state index contributed by atoms with van der Waals surface area (Å²) in [4.78, 5) is 31.1. The lowest BCUT2D eigenvalue weighted by molar-refractivity contribution is -0.117. The Hall–Kier alpha value is -3.23. The molecule has 0 saturated heterocycles. The van der Waals surface area contributed by atoms with Crippen molar-refractivity contribution in [1.29, 1.82) is 0 Å². The fourth-order valence-corrected chi connectivity index (χ4v) is 4.71. The second-order valence-electron chi connectivity index (χ2n) is 8.80. The number of hydrogen-bond acceptors (Lipinski definition) is 6. The van der Waals surface area contributed by atoms with Gasteiger partial charge >= 0.3 is 0 Å². The fourth-order valence-electron chi connectivity index (χ4n) is 4.71. The van der Waals surface area contributed by atoms with Crippen LogP contribution in [0.4, 0.5) is 5.95 Å². The lowest BCUT2D eigenvalue weighted by atomic mass is 9.70. The number of aromatic nitrogens is 2. The molecular weight excluding hydrogens is 420 g/mol. The van der Waals surface area contributed by atoms with Gasteiger partial charge in [0.1, 0.15) is 6.29 Å². The molecule has 0 spiro atoms. The number of fused-ring (bicyclic) bond motifs is 2. The summed E-state index contributed by atoms with van der Waals surface area (Å²) in [6.07, 6.45) is 3.88. The van der Waals surface area contributed by atoms with Gasteiger partial charge in [-0.25, -0.2) is 10.5 Å². The number of para-hydroxylation sites is 2. The van der Waals surface area contributed by atoms with E-state index in [-0.39, 0.29) is 0 Å². The average molecular weight is 451 g/mol. The monoisotopic (exact) mass is 450 g/mol. The number of benzene rings is 2. The van der Waals surface area contributed by atoms with E-state index in [9.17, 15) is 9.59 Å². The Kier molecular flexibility index (Phi) is 6.76. The smallest absolute Gasteiger partial charge is 0.274 e. The second-order valence-corrected chi connectivity index (χ2v) is 8.80. The van der Waals surface area contributed by atoms with Crippen molar-refractivity contribution >= 4 is 29.2 Å². The first-order valence-corrected chi connectivity index (χ1v) is 11.2. The summed E-state index contributed by atoms with van der Waals surface area (Å²) in [5.41, 5.74) is 5.70. The number of imidazole rings is 1. The van der Waals surface area contributed by atoms with Crippen LogP contribution in [0.25, 0.3) is 11.0 Å². The van der Waals surface area contributed by atoms with Gasteiger partial charge in [-0.3, -0.25) is 10.0 Å². The first kappa shape index (κ1) is 22.9. The van der Waals surface area contributed by atoms with E-state index >= 15 is 0 Å². The first-order chi connectivity index (χ1) is 16.0. The van der Waals surface area contributed by atoms with E-state index in [2.05, 4.69) is 15.5 Å². The van der Waals surface area contributed by atoms with E-state index in [0.717, 1.165) is 47.2 Å². The molecular formula is C25H30N4O4. The molecule has 8 heteroatoms. The Balaban J connectivity index is 1.54. The maximum atomic E-state index is 12.3. The van der Waals surface area contributed by atoms with Crippen LogP contribution in [0, 0.1) is 5.41 Å². The van der Waals surface area contributed by atoms with Crippen molar-refractivity contribution in [3.63, 3.8) is 0 Å². The summed E-state index contributed by atoms with van der Waals surface area (Å²) in [6, 6.07) is 13.4. The maximum absolute atomic E-state index is 12.3. The van der Waals surface area contributed by atoms with Crippen LogP contribution in [-0.4, -0.2) is 54.3 Å². The molecule has 0 bridgehead atoms. The van der Waals surface area contributed by atoms with Gasteiger partial charge in [0.25, 0.3) is 5.91 Å². The molecule has 1 amide bonds. The largest absolute Gasteiger partial charge is 0.383 e. The molecule has 0 aliphatic heterocycles. The highest BCUT2D eigenvalue weighted by molar-refractivity contribution is 5.93. The standard InChI is InChI=1S/C25H30N4O4/c1-28(24-26-21-5-3-4-6-22(21)29(24)13-14-33-2)12-11-25(17-30)10-9-18-7-8-19(23(31)27-32)15-20(18)16-25/h3-8,15,17,32H,9-14,16H2,1-2H3,(H,27,31)/t25-/m0/s1. The number of anilines is 1. The summed E-state index contributed by atoms with van der Waals surface area (Å²) < 4.78 is 7.45. The molecule has 0 fully saturated rings. The van der Waals surface area contributed by atoms with Crippen LogP contribution in [0.3, 0.4) is 0 Å². The minimum absolute atomic E-state index is 0.391. The highest BCUT2D eigenvalue weighted by atomic mass is 16.5. The lowest BCUT2D eigenvalue weighted by Gasteiger charge is -2.35. The van der Waals surface area contributed by atoms with E-state index in [1.807, 2.05) is 31.3 Å². The molecule has 1 aromatic heterocycles. The predicted octanol–water partition coefficient (Wildman–Crippen LogP) is 3.00. The number of nitrogens with zero attached hydrogens (tertiary/aromatic N) is 3. The van der Waals surface area contributed by atoms with Crippen LogP contribution in [-0.2, 0) is 28.9 Å². The molecule has 1 aliphatic rings. The van der Waals surface area contributed by atoms with Crippen LogP contribution in [0.2, 0.25) is 0 Å². The van der Waals surface area contributed by atoms with E-state index in [1.54, 1.807) is 24.7 Å².